The normalized spacial score (nSPS) is 14.9. The van der Waals surface area contributed by atoms with Crippen LogP contribution in [0.4, 0.5) is 11.4 Å². The molecule has 1 aliphatic rings. The van der Waals surface area contributed by atoms with E-state index in [4.69, 9.17) is 33.2 Å². The maximum Gasteiger partial charge on any atom is 0.279 e. The molecule has 0 bridgehead atoms. The number of aryl methyl sites for hydroxylation is 1. The van der Waals surface area contributed by atoms with Crippen LogP contribution in [0.15, 0.2) is 18.2 Å². The number of nitrogens with zero attached hydrogens (tertiary/aromatic N) is 2. The van der Waals surface area contributed by atoms with Gasteiger partial charge in [0.05, 0.1) is 95.2 Å². The van der Waals surface area contributed by atoms with Crippen LogP contribution < -0.4 is 5.32 Å². The fraction of sp³-hybridized carbons (Fsp3) is 0.767. The molecule has 45 heavy (non-hydrogen) atoms. The van der Waals surface area contributed by atoms with Gasteiger partial charge >= 0.3 is 0 Å². The lowest BCUT2D eigenvalue weighted by molar-refractivity contribution is -0.394. The van der Waals surface area contributed by atoms with Crippen molar-refractivity contribution in [2.75, 3.05) is 106 Å². The van der Waals surface area contributed by atoms with Crippen molar-refractivity contribution >= 4 is 17.2 Å². The second-order valence-electron chi connectivity index (χ2n) is 10.3. The Labute approximate surface area is 264 Å². The molecule has 1 heterocycles. The molecule has 1 N–H and O–H groups in total. The molecule has 1 aromatic carbocycles. The quantitative estimate of drug-likeness (QED) is 0.0765. The number of nitro groups is 2. The summed E-state index contributed by atoms with van der Waals surface area (Å²) in [5.41, 5.74) is -0.121. The first-order chi connectivity index (χ1) is 22.0. The summed E-state index contributed by atoms with van der Waals surface area (Å²) < 4.78 is 38.3. The Balaban J connectivity index is 1.25. The number of piperidine rings is 1. The summed E-state index contributed by atoms with van der Waals surface area (Å²) in [5.74, 6) is 0.516. The molecule has 1 atom stereocenters. The molecule has 15 heteroatoms. The molecule has 0 saturated carbocycles. The average Bonchev–Trinajstić information content (AvgIpc) is 3.04. The Hall–Kier alpha value is -2.63. The molecule has 1 saturated heterocycles. The zero-order valence-electron chi connectivity index (χ0n) is 26.2. The van der Waals surface area contributed by atoms with Crippen molar-refractivity contribution in [3.63, 3.8) is 0 Å². The number of Topliss-reactive ketones (excluding diaryl/α,β-unsaturated/α-hetero) is 1. The van der Waals surface area contributed by atoms with Gasteiger partial charge in [0.15, 0.2) is 0 Å². The van der Waals surface area contributed by atoms with Crippen LogP contribution in [0.1, 0.15) is 37.7 Å². The fourth-order valence-corrected chi connectivity index (χ4v) is 4.51. The summed E-state index contributed by atoms with van der Waals surface area (Å²) >= 11 is 0. The summed E-state index contributed by atoms with van der Waals surface area (Å²) in [6.45, 7) is 8.22. The first kappa shape index (κ1) is 38.6. The van der Waals surface area contributed by atoms with E-state index < -0.39 is 9.85 Å². The van der Waals surface area contributed by atoms with Crippen LogP contribution in [0.2, 0.25) is 0 Å². The number of rotatable bonds is 29. The molecule has 0 spiro atoms. The van der Waals surface area contributed by atoms with E-state index in [1.54, 1.807) is 0 Å². The van der Waals surface area contributed by atoms with Crippen LogP contribution in [0.25, 0.3) is 0 Å². The lowest BCUT2D eigenvalue weighted by atomic mass is 9.93. The molecule has 0 amide bonds. The van der Waals surface area contributed by atoms with Crippen LogP contribution in [0.5, 0.6) is 0 Å². The third kappa shape index (κ3) is 18.8. The van der Waals surface area contributed by atoms with E-state index in [9.17, 15) is 25.0 Å². The Morgan fingerprint density at radius 1 is 0.711 bits per heavy atom. The minimum absolute atomic E-state index is 0.174. The largest absolute Gasteiger partial charge is 0.379 e. The molecular formula is C30H49N3O12. The van der Waals surface area contributed by atoms with Crippen LogP contribution in [0, 0.1) is 26.1 Å². The van der Waals surface area contributed by atoms with E-state index in [1.807, 2.05) is 0 Å². The predicted octanol–water partition coefficient (Wildman–Crippen LogP) is 2.90. The number of benzene rings is 1. The van der Waals surface area contributed by atoms with Gasteiger partial charge in [-0.1, -0.05) is 0 Å². The lowest BCUT2D eigenvalue weighted by Crippen LogP contribution is -2.34. The molecule has 15 nitrogen and oxygen atoms in total. The van der Waals surface area contributed by atoms with Gasteiger partial charge in [0, 0.05) is 43.7 Å². The number of hydrogen-bond donors (Lipinski definition) is 1. The topological polar surface area (TPSA) is 180 Å². The summed E-state index contributed by atoms with van der Waals surface area (Å²) in [6, 6.07) is 3.66. The van der Waals surface area contributed by atoms with Gasteiger partial charge in [0.1, 0.15) is 5.78 Å². The van der Waals surface area contributed by atoms with Gasteiger partial charge in [-0.2, -0.15) is 0 Å². The molecule has 1 fully saturated rings. The van der Waals surface area contributed by atoms with E-state index in [2.05, 4.69) is 5.32 Å². The molecule has 1 aromatic rings. The summed E-state index contributed by atoms with van der Waals surface area (Å²) in [6.07, 6.45) is 4.34. The number of carbonyl (C=O) groups excluding carboxylic acids is 1. The fourth-order valence-electron chi connectivity index (χ4n) is 4.51. The SMILES string of the molecule is O=C(CCCOCCOCCOCCOCCOCCOCCOCCCc1ccc([N+](=O)[O-])cc1[N+](=O)[O-])C1CCCNC1. The highest BCUT2D eigenvalue weighted by atomic mass is 16.6. The maximum absolute atomic E-state index is 12.1. The van der Waals surface area contributed by atoms with Crippen LogP contribution >= 0.6 is 0 Å². The molecule has 2 rings (SSSR count). The molecule has 1 unspecified atom stereocenters. The number of hydrogen-bond acceptors (Lipinski definition) is 13. The number of ketones is 1. The van der Waals surface area contributed by atoms with Gasteiger partial charge in [0.25, 0.3) is 11.4 Å². The van der Waals surface area contributed by atoms with Crippen molar-refractivity contribution in [2.24, 2.45) is 5.92 Å². The number of non-ortho nitro benzene ring substituents is 1. The molecule has 0 aliphatic carbocycles. The highest BCUT2D eigenvalue weighted by Crippen LogP contribution is 2.25. The third-order valence-corrected chi connectivity index (χ3v) is 6.91. The zero-order chi connectivity index (χ0) is 32.4. The van der Waals surface area contributed by atoms with E-state index >= 15 is 0 Å². The number of nitro benzene ring substituents is 2. The predicted molar refractivity (Wildman–Crippen MR) is 164 cm³/mol. The van der Waals surface area contributed by atoms with Gasteiger partial charge in [-0.3, -0.25) is 25.0 Å². The standard InChI is InChI=1S/C30H49N3O12/c34-30(27-4-1-9-31-25-27)6-3-11-40-13-15-42-17-19-44-21-23-45-22-20-43-18-16-41-14-12-39-10-2-5-26-7-8-28(32(35)36)24-29(26)33(37)38/h7-8,24,27,31H,1-6,9-23,25H2. The van der Waals surface area contributed by atoms with E-state index in [0.717, 1.165) is 38.4 Å². The van der Waals surface area contributed by atoms with Gasteiger partial charge in [-0.05, 0) is 44.7 Å². The summed E-state index contributed by atoms with van der Waals surface area (Å²) in [5, 5.41) is 25.3. The zero-order valence-corrected chi connectivity index (χ0v) is 26.2. The lowest BCUT2D eigenvalue weighted by Gasteiger charge is -2.21. The number of carbonyl (C=O) groups is 1. The minimum Gasteiger partial charge on any atom is -0.379 e. The first-order valence-electron chi connectivity index (χ1n) is 15.7. The Morgan fingerprint density at radius 3 is 1.64 bits per heavy atom. The first-order valence-corrected chi connectivity index (χ1v) is 15.7. The summed E-state index contributed by atoms with van der Waals surface area (Å²) in [7, 11) is 0. The smallest absolute Gasteiger partial charge is 0.279 e. The van der Waals surface area contributed by atoms with Crippen molar-refractivity contribution in [1.29, 1.82) is 0 Å². The van der Waals surface area contributed by atoms with E-state index in [1.165, 1.54) is 12.1 Å². The van der Waals surface area contributed by atoms with Crippen molar-refractivity contribution < 1.29 is 47.8 Å². The number of nitrogens with one attached hydrogen (secondary N) is 1. The Bertz CT molecular complexity index is 962. The van der Waals surface area contributed by atoms with Crippen molar-refractivity contribution in [1.82, 2.24) is 5.32 Å². The molecule has 256 valence electrons. The van der Waals surface area contributed by atoms with Gasteiger partial charge in [-0.15, -0.1) is 0 Å². The second-order valence-corrected chi connectivity index (χ2v) is 10.3. The highest BCUT2D eigenvalue weighted by Gasteiger charge is 2.20. The minimum atomic E-state index is -0.653. The van der Waals surface area contributed by atoms with Crippen molar-refractivity contribution in [2.45, 2.75) is 38.5 Å². The Morgan fingerprint density at radius 2 is 1.20 bits per heavy atom. The van der Waals surface area contributed by atoms with Crippen LogP contribution in [-0.2, 0) is 44.4 Å². The number of ether oxygens (including phenoxy) is 7. The van der Waals surface area contributed by atoms with Crippen molar-refractivity contribution in [3.8, 4) is 0 Å². The molecular weight excluding hydrogens is 594 g/mol. The molecule has 0 aromatic heterocycles. The summed E-state index contributed by atoms with van der Waals surface area (Å²) in [4.78, 5) is 32.8. The van der Waals surface area contributed by atoms with Crippen LogP contribution in [0.3, 0.4) is 0 Å². The van der Waals surface area contributed by atoms with Crippen molar-refractivity contribution in [3.05, 3.63) is 44.0 Å². The van der Waals surface area contributed by atoms with Gasteiger partial charge in [-0.25, -0.2) is 0 Å². The van der Waals surface area contributed by atoms with E-state index in [0.29, 0.717) is 123 Å². The maximum atomic E-state index is 12.1. The average molecular weight is 644 g/mol. The molecule has 1 aliphatic heterocycles. The molecule has 0 radical (unpaired) electrons. The van der Waals surface area contributed by atoms with E-state index in [-0.39, 0.29) is 17.3 Å². The second kappa shape index (κ2) is 25.5. The Kier molecular flexibility index (Phi) is 21.9. The monoisotopic (exact) mass is 643 g/mol. The third-order valence-electron chi connectivity index (χ3n) is 6.91. The van der Waals surface area contributed by atoms with Gasteiger partial charge < -0.3 is 38.5 Å². The highest BCUT2D eigenvalue weighted by molar-refractivity contribution is 5.81. The van der Waals surface area contributed by atoms with Crippen LogP contribution in [-0.4, -0.2) is 121 Å². The van der Waals surface area contributed by atoms with Gasteiger partial charge in [0.2, 0.25) is 0 Å².